The summed E-state index contributed by atoms with van der Waals surface area (Å²) in [5.41, 5.74) is 0.493. The van der Waals surface area contributed by atoms with Crippen LogP contribution in [0.2, 0.25) is 0 Å². The number of carbonyl (C=O) groups excluding carboxylic acids is 1. The van der Waals surface area contributed by atoms with Crippen molar-refractivity contribution >= 4 is 5.91 Å². The van der Waals surface area contributed by atoms with Crippen LogP contribution in [0.25, 0.3) is 0 Å². The predicted molar refractivity (Wildman–Crippen MR) is 58.1 cm³/mol. The molecule has 0 bridgehead atoms. The maximum absolute atomic E-state index is 11.3. The molecule has 82 valence electrons. The van der Waals surface area contributed by atoms with E-state index in [1.165, 1.54) is 12.8 Å². The first-order valence-electron chi connectivity index (χ1n) is 5.39. The lowest BCUT2D eigenvalue weighted by atomic mass is 9.92. The second-order valence-electron chi connectivity index (χ2n) is 4.91. The highest BCUT2D eigenvalue weighted by molar-refractivity contribution is 5.77. The zero-order chi connectivity index (χ0) is 10.8. The molecule has 0 saturated heterocycles. The second-order valence-corrected chi connectivity index (χ2v) is 4.91. The van der Waals surface area contributed by atoms with E-state index >= 15 is 0 Å². The molecular formula is C11H22N2O. The molecule has 0 aromatic heterocycles. The molecule has 1 aliphatic rings. The molecule has 3 nitrogen and oxygen atoms in total. The Morgan fingerprint density at radius 2 is 2.00 bits per heavy atom. The predicted octanol–water partition coefficient (Wildman–Crippen LogP) is 1.10. The van der Waals surface area contributed by atoms with Crippen molar-refractivity contribution in [3.05, 3.63) is 0 Å². The van der Waals surface area contributed by atoms with Crippen molar-refractivity contribution in [2.75, 3.05) is 27.2 Å². The molecule has 0 radical (unpaired) electrons. The minimum atomic E-state index is 0.157. The van der Waals surface area contributed by atoms with Crippen molar-refractivity contribution in [2.24, 2.45) is 11.3 Å². The second kappa shape index (κ2) is 4.30. The third kappa shape index (κ3) is 2.71. The first kappa shape index (κ1) is 11.5. The van der Waals surface area contributed by atoms with Crippen LogP contribution in [0.1, 0.15) is 26.7 Å². The Morgan fingerprint density at radius 3 is 2.36 bits per heavy atom. The van der Waals surface area contributed by atoms with Crippen LogP contribution in [0.15, 0.2) is 0 Å². The molecule has 1 rings (SSSR count). The van der Waals surface area contributed by atoms with Gasteiger partial charge in [-0.2, -0.15) is 0 Å². The molecule has 0 unspecified atom stereocenters. The molecule has 1 N–H and O–H groups in total. The standard InChI is InChI=1S/C11H22N2O/c1-9(2)11(5-6-11)8-12-7-10(14)13(3)4/h9,12H,5-8H2,1-4H3. The van der Waals surface area contributed by atoms with E-state index in [1.54, 1.807) is 19.0 Å². The van der Waals surface area contributed by atoms with Crippen LogP contribution in [0.5, 0.6) is 0 Å². The number of nitrogens with one attached hydrogen (secondary N) is 1. The van der Waals surface area contributed by atoms with Gasteiger partial charge in [0.1, 0.15) is 0 Å². The third-order valence-electron chi connectivity index (χ3n) is 3.37. The lowest BCUT2D eigenvalue weighted by Crippen LogP contribution is -2.36. The summed E-state index contributed by atoms with van der Waals surface area (Å²) < 4.78 is 0. The van der Waals surface area contributed by atoms with Gasteiger partial charge in [-0.15, -0.1) is 0 Å². The summed E-state index contributed by atoms with van der Waals surface area (Å²) in [6.45, 7) is 6.00. The third-order valence-corrected chi connectivity index (χ3v) is 3.37. The number of hydrogen-bond acceptors (Lipinski definition) is 2. The topological polar surface area (TPSA) is 32.3 Å². The van der Waals surface area contributed by atoms with Crippen molar-refractivity contribution in [3.8, 4) is 0 Å². The Labute approximate surface area is 86.9 Å². The Balaban J connectivity index is 2.19. The van der Waals surface area contributed by atoms with Gasteiger partial charge in [0.25, 0.3) is 0 Å². The summed E-state index contributed by atoms with van der Waals surface area (Å²) in [5, 5.41) is 3.26. The fourth-order valence-corrected chi connectivity index (χ4v) is 1.70. The molecule has 0 aromatic carbocycles. The van der Waals surface area contributed by atoms with Crippen molar-refractivity contribution in [1.29, 1.82) is 0 Å². The smallest absolute Gasteiger partial charge is 0.236 e. The van der Waals surface area contributed by atoms with E-state index in [1.807, 2.05) is 0 Å². The van der Waals surface area contributed by atoms with Crippen molar-refractivity contribution in [3.63, 3.8) is 0 Å². The molecule has 1 amide bonds. The molecule has 0 spiro atoms. The highest BCUT2D eigenvalue weighted by Gasteiger charge is 2.44. The van der Waals surface area contributed by atoms with Crippen LogP contribution in [0.3, 0.4) is 0 Å². The molecular weight excluding hydrogens is 176 g/mol. The Kier molecular flexibility index (Phi) is 3.53. The van der Waals surface area contributed by atoms with Crippen LogP contribution < -0.4 is 5.32 Å². The highest BCUT2D eigenvalue weighted by atomic mass is 16.2. The number of rotatable bonds is 5. The van der Waals surface area contributed by atoms with Gasteiger partial charge in [0, 0.05) is 20.6 Å². The van der Waals surface area contributed by atoms with Crippen LogP contribution in [0, 0.1) is 11.3 Å². The van der Waals surface area contributed by atoms with Gasteiger partial charge in [-0.05, 0) is 24.2 Å². The Bertz CT molecular complexity index is 207. The maximum atomic E-state index is 11.3. The number of carbonyl (C=O) groups is 1. The quantitative estimate of drug-likeness (QED) is 0.717. The van der Waals surface area contributed by atoms with Crippen molar-refractivity contribution in [2.45, 2.75) is 26.7 Å². The van der Waals surface area contributed by atoms with Gasteiger partial charge in [-0.3, -0.25) is 4.79 Å². The summed E-state index contributed by atoms with van der Waals surface area (Å²) in [6, 6.07) is 0. The van der Waals surface area contributed by atoms with Gasteiger partial charge in [0.2, 0.25) is 5.91 Å². The van der Waals surface area contributed by atoms with E-state index in [4.69, 9.17) is 0 Å². The number of likely N-dealkylation sites (N-methyl/N-ethyl adjacent to an activating group) is 1. The summed E-state index contributed by atoms with van der Waals surface area (Å²) in [7, 11) is 3.58. The van der Waals surface area contributed by atoms with Gasteiger partial charge in [-0.1, -0.05) is 13.8 Å². The van der Waals surface area contributed by atoms with Crippen LogP contribution in [-0.4, -0.2) is 38.0 Å². The van der Waals surface area contributed by atoms with E-state index in [-0.39, 0.29) is 5.91 Å². The van der Waals surface area contributed by atoms with Gasteiger partial charge in [-0.25, -0.2) is 0 Å². The van der Waals surface area contributed by atoms with E-state index < -0.39 is 0 Å². The normalized spacial score (nSPS) is 18.4. The molecule has 0 aromatic rings. The SMILES string of the molecule is CC(C)C1(CNCC(=O)N(C)C)CC1. The van der Waals surface area contributed by atoms with E-state index in [2.05, 4.69) is 19.2 Å². The van der Waals surface area contributed by atoms with Gasteiger partial charge in [0.15, 0.2) is 0 Å². The largest absolute Gasteiger partial charge is 0.348 e. The molecule has 1 aliphatic carbocycles. The molecule has 3 heteroatoms. The summed E-state index contributed by atoms with van der Waals surface area (Å²) in [6.07, 6.45) is 2.63. The molecule has 1 fully saturated rings. The van der Waals surface area contributed by atoms with Crippen molar-refractivity contribution in [1.82, 2.24) is 10.2 Å². The van der Waals surface area contributed by atoms with Crippen LogP contribution in [-0.2, 0) is 4.79 Å². The van der Waals surface area contributed by atoms with Crippen molar-refractivity contribution < 1.29 is 4.79 Å². The Hall–Kier alpha value is -0.570. The molecule has 1 saturated carbocycles. The first-order valence-corrected chi connectivity index (χ1v) is 5.39. The summed E-state index contributed by atoms with van der Waals surface area (Å²) in [5.74, 6) is 0.883. The average molecular weight is 198 g/mol. The lowest BCUT2D eigenvalue weighted by molar-refractivity contribution is -0.127. The molecule has 14 heavy (non-hydrogen) atoms. The molecule has 0 atom stereocenters. The molecule has 0 aliphatic heterocycles. The summed E-state index contributed by atoms with van der Waals surface area (Å²) >= 11 is 0. The minimum absolute atomic E-state index is 0.157. The highest BCUT2D eigenvalue weighted by Crippen LogP contribution is 2.51. The fraction of sp³-hybridized carbons (Fsp3) is 0.909. The zero-order valence-corrected chi connectivity index (χ0v) is 9.76. The van der Waals surface area contributed by atoms with Crippen LogP contribution in [0.4, 0.5) is 0 Å². The Morgan fingerprint density at radius 1 is 1.43 bits per heavy atom. The zero-order valence-electron chi connectivity index (χ0n) is 9.76. The maximum Gasteiger partial charge on any atom is 0.236 e. The van der Waals surface area contributed by atoms with Gasteiger partial charge in [0.05, 0.1) is 6.54 Å². The van der Waals surface area contributed by atoms with Crippen LogP contribution >= 0.6 is 0 Å². The summed E-state index contributed by atoms with van der Waals surface area (Å²) in [4.78, 5) is 12.9. The van der Waals surface area contributed by atoms with Gasteiger partial charge >= 0.3 is 0 Å². The number of nitrogens with zero attached hydrogens (tertiary/aromatic N) is 1. The van der Waals surface area contributed by atoms with Gasteiger partial charge < -0.3 is 10.2 Å². The minimum Gasteiger partial charge on any atom is -0.348 e. The average Bonchev–Trinajstić information content (AvgIpc) is 2.85. The van der Waals surface area contributed by atoms with E-state index in [0.29, 0.717) is 12.0 Å². The number of amides is 1. The monoisotopic (exact) mass is 198 g/mol. The fourth-order valence-electron chi connectivity index (χ4n) is 1.70. The van der Waals surface area contributed by atoms with E-state index in [9.17, 15) is 4.79 Å². The lowest BCUT2D eigenvalue weighted by Gasteiger charge is -2.20. The molecule has 0 heterocycles. The first-order chi connectivity index (χ1) is 6.48. The van der Waals surface area contributed by atoms with E-state index in [0.717, 1.165) is 12.5 Å². The number of hydrogen-bond donors (Lipinski definition) is 1.